The van der Waals surface area contributed by atoms with E-state index < -0.39 is 0 Å². The minimum atomic E-state index is 0.643. The fourth-order valence-electron chi connectivity index (χ4n) is 2.81. The highest BCUT2D eigenvalue weighted by atomic mass is 15.2. The Labute approximate surface area is 111 Å². The smallest absolute Gasteiger partial charge is 0.0167 e. The van der Waals surface area contributed by atoms with Gasteiger partial charge in [0.1, 0.15) is 0 Å². The van der Waals surface area contributed by atoms with Crippen LogP contribution in [-0.4, -0.2) is 37.1 Å². The van der Waals surface area contributed by atoms with Crippen LogP contribution < -0.4 is 5.32 Å². The second-order valence-corrected chi connectivity index (χ2v) is 5.42. The van der Waals surface area contributed by atoms with Crippen LogP contribution in [0, 0.1) is 0 Å². The highest BCUT2D eigenvalue weighted by Crippen LogP contribution is 2.13. The third kappa shape index (κ3) is 3.82. The van der Waals surface area contributed by atoms with Gasteiger partial charge in [-0.15, -0.1) is 0 Å². The molecule has 0 saturated carbocycles. The zero-order valence-corrected chi connectivity index (χ0v) is 11.8. The van der Waals surface area contributed by atoms with Crippen molar-refractivity contribution in [2.75, 3.05) is 26.2 Å². The molecule has 1 atom stereocenters. The van der Waals surface area contributed by atoms with Gasteiger partial charge in [0, 0.05) is 32.2 Å². The minimum absolute atomic E-state index is 0.643. The number of aryl methyl sites for hydroxylation is 1. The fraction of sp³-hybridized carbons (Fsp3) is 0.625. The molecule has 1 aliphatic rings. The summed E-state index contributed by atoms with van der Waals surface area (Å²) < 4.78 is 0. The molecule has 1 N–H and O–H groups in total. The summed E-state index contributed by atoms with van der Waals surface area (Å²) >= 11 is 0. The first-order valence-corrected chi connectivity index (χ1v) is 7.32. The van der Waals surface area contributed by atoms with Crippen LogP contribution in [0.1, 0.15) is 31.4 Å². The van der Waals surface area contributed by atoms with E-state index >= 15 is 0 Å². The maximum Gasteiger partial charge on any atom is 0.0167 e. The average molecular weight is 246 g/mol. The van der Waals surface area contributed by atoms with E-state index in [2.05, 4.69) is 48.3 Å². The normalized spacial score (nSPS) is 21.1. The number of benzene rings is 1. The van der Waals surface area contributed by atoms with E-state index in [-0.39, 0.29) is 0 Å². The number of rotatable bonds is 5. The molecular formula is C16H26N2. The summed E-state index contributed by atoms with van der Waals surface area (Å²) in [7, 11) is 0. The molecule has 1 saturated heterocycles. The van der Waals surface area contributed by atoms with Gasteiger partial charge in [0.2, 0.25) is 0 Å². The molecule has 0 aliphatic carbocycles. The van der Waals surface area contributed by atoms with Gasteiger partial charge in [-0.25, -0.2) is 0 Å². The summed E-state index contributed by atoms with van der Waals surface area (Å²) in [5.41, 5.74) is 3.09. The molecule has 0 unspecified atom stereocenters. The fourth-order valence-corrected chi connectivity index (χ4v) is 2.81. The first kappa shape index (κ1) is 13.6. The monoisotopic (exact) mass is 246 g/mol. The van der Waals surface area contributed by atoms with Gasteiger partial charge in [0.25, 0.3) is 0 Å². The Hall–Kier alpha value is -0.860. The first-order valence-electron chi connectivity index (χ1n) is 7.32. The van der Waals surface area contributed by atoms with Crippen LogP contribution in [0.3, 0.4) is 0 Å². The summed E-state index contributed by atoms with van der Waals surface area (Å²) in [5.74, 6) is 0. The Bertz CT molecular complexity index is 362. The lowest BCUT2D eigenvalue weighted by molar-refractivity contribution is 0.209. The molecule has 1 fully saturated rings. The van der Waals surface area contributed by atoms with Crippen molar-refractivity contribution in [2.24, 2.45) is 0 Å². The van der Waals surface area contributed by atoms with Gasteiger partial charge < -0.3 is 10.2 Å². The Kier molecular flexibility index (Phi) is 5.21. The van der Waals surface area contributed by atoms with Gasteiger partial charge in [0.05, 0.1) is 0 Å². The van der Waals surface area contributed by atoms with Crippen molar-refractivity contribution in [1.82, 2.24) is 10.2 Å². The van der Waals surface area contributed by atoms with Gasteiger partial charge in [-0.2, -0.15) is 0 Å². The lowest BCUT2D eigenvalue weighted by Crippen LogP contribution is -2.49. The SMILES string of the molecule is CCCc1ccccc1CCN1CCN[C@@H](C)C1. The van der Waals surface area contributed by atoms with Crippen molar-refractivity contribution in [1.29, 1.82) is 0 Å². The van der Waals surface area contributed by atoms with Crippen LogP contribution in [0.15, 0.2) is 24.3 Å². The maximum absolute atomic E-state index is 3.50. The van der Waals surface area contributed by atoms with Crippen LogP contribution >= 0.6 is 0 Å². The Morgan fingerprint density at radius 1 is 1.22 bits per heavy atom. The van der Waals surface area contributed by atoms with Gasteiger partial charge in [0.15, 0.2) is 0 Å². The van der Waals surface area contributed by atoms with Crippen molar-refractivity contribution in [2.45, 2.75) is 39.2 Å². The van der Waals surface area contributed by atoms with Crippen LogP contribution in [0.5, 0.6) is 0 Å². The van der Waals surface area contributed by atoms with E-state index in [1.165, 1.54) is 38.9 Å². The Balaban J connectivity index is 1.89. The van der Waals surface area contributed by atoms with Gasteiger partial charge >= 0.3 is 0 Å². The quantitative estimate of drug-likeness (QED) is 0.858. The minimum Gasteiger partial charge on any atom is -0.312 e. The standard InChI is InChI=1S/C16H26N2/c1-3-6-15-7-4-5-8-16(15)9-11-18-12-10-17-14(2)13-18/h4-5,7-8,14,17H,3,6,9-13H2,1-2H3/t14-/m0/s1. The van der Waals surface area contributed by atoms with Gasteiger partial charge in [-0.1, -0.05) is 37.6 Å². The molecule has 1 aliphatic heterocycles. The van der Waals surface area contributed by atoms with E-state index in [9.17, 15) is 0 Å². The van der Waals surface area contributed by atoms with E-state index in [1.807, 2.05) is 0 Å². The van der Waals surface area contributed by atoms with Crippen molar-refractivity contribution in [3.05, 3.63) is 35.4 Å². The number of nitrogens with one attached hydrogen (secondary N) is 1. The largest absolute Gasteiger partial charge is 0.312 e. The summed E-state index contributed by atoms with van der Waals surface area (Å²) in [6.07, 6.45) is 3.65. The Morgan fingerprint density at radius 2 is 1.94 bits per heavy atom. The van der Waals surface area contributed by atoms with Gasteiger partial charge in [-0.05, 0) is 30.9 Å². The van der Waals surface area contributed by atoms with E-state index in [4.69, 9.17) is 0 Å². The van der Waals surface area contributed by atoms with Crippen LogP contribution in [0.25, 0.3) is 0 Å². The zero-order chi connectivity index (χ0) is 12.8. The van der Waals surface area contributed by atoms with Crippen LogP contribution in [-0.2, 0) is 12.8 Å². The van der Waals surface area contributed by atoms with E-state index in [0.29, 0.717) is 6.04 Å². The molecular weight excluding hydrogens is 220 g/mol. The molecule has 2 rings (SSSR count). The van der Waals surface area contributed by atoms with Gasteiger partial charge in [-0.3, -0.25) is 0 Å². The van der Waals surface area contributed by atoms with Crippen LogP contribution in [0.4, 0.5) is 0 Å². The number of hydrogen-bond acceptors (Lipinski definition) is 2. The van der Waals surface area contributed by atoms with Crippen LogP contribution in [0.2, 0.25) is 0 Å². The van der Waals surface area contributed by atoms with Crippen molar-refractivity contribution >= 4 is 0 Å². The third-order valence-corrected chi connectivity index (χ3v) is 3.79. The molecule has 1 heterocycles. The highest BCUT2D eigenvalue weighted by molar-refractivity contribution is 5.27. The number of piperazine rings is 1. The van der Waals surface area contributed by atoms with Crippen molar-refractivity contribution < 1.29 is 0 Å². The van der Waals surface area contributed by atoms with Crippen molar-refractivity contribution in [3.63, 3.8) is 0 Å². The molecule has 0 aromatic heterocycles. The molecule has 1 aromatic rings. The zero-order valence-electron chi connectivity index (χ0n) is 11.8. The summed E-state index contributed by atoms with van der Waals surface area (Å²) in [4.78, 5) is 2.59. The number of hydrogen-bond donors (Lipinski definition) is 1. The molecule has 2 nitrogen and oxygen atoms in total. The van der Waals surface area contributed by atoms with Crippen molar-refractivity contribution in [3.8, 4) is 0 Å². The maximum atomic E-state index is 3.50. The predicted molar refractivity (Wildman–Crippen MR) is 78.0 cm³/mol. The molecule has 18 heavy (non-hydrogen) atoms. The molecule has 2 heteroatoms. The van der Waals surface area contributed by atoms with E-state index in [0.717, 1.165) is 6.54 Å². The molecule has 100 valence electrons. The lowest BCUT2D eigenvalue weighted by Gasteiger charge is -2.31. The second kappa shape index (κ2) is 6.91. The molecule has 0 amide bonds. The molecule has 0 bridgehead atoms. The second-order valence-electron chi connectivity index (χ2n) is 5.42. The topological polar surface area (TPSA) is 15.3 Å². The molecule has 0 spiro atoms. The summed E-state index contributed by atoms with van der Waals surface area (Å²) in [6.45, 7) is 9.26. The summed E-state index contributed by atoms with van der Waals surface area (Å²) in [5, 5.41) is 3.50. The predicted octanol–water partition coefficient (Wildman–Crippen LogP) is 2.48. The highest BCUT2D eigenvalue weighted by Gasteiger charge is 2.15. The van der Waals surface area contributed by atoms with E-state index in [1.54, 1.807) is 11.1 Å². The molecule has 0 radical (unpaired) electrons. The average Bonchev–Trinajstić information content (AvgIpc) is 2.38. The Morgan fingerprint density at radius 3 is 2.61 bits per heavy atom. The first-order chi connectivity index (χ1) is 8.79. The molecule has 1 aromatic carbocycles. The summed E-state index contributed by atoms with van der Waals surface area (Å²) in [6, 6.07) is 9.58. The third-order valence-electron chi connectivity index (χ3n) is 3.79. The lowest BCUT2D eigenvalue weighted by atomic mass is 10.0. The number of nitrogens with zero attached hydrogens (tertiary/aromatic N) is 1.